The third kappa shape index (κ3) is 3.14. The molecule has 0 fully saturated rings. The zero-order chi connectivity index (χ0) is 13.8. The van der Waals surface area contributed by atoms with E-state index in [2.05, 4.69) is 5.32 Å². The zero-order valence-corrected chi connectivity index (χ0v) is 10.4. The molecule has 1 N–H and O–H groups in total. The van der Waals surface area contributed by atoms with Crippen molar-refractivity contribution in [2.24, 2.45) is 0 Å². The summed E-state index contributed by atoms with van der Waals surface area (Å²) in [7, 11) is 0. The van der Waals surface area contributed by atoms with E-state index < -0.39 is 17.5 Å². The Bertz CT molecular complexity index is 641. The van der Waals surface area contributed by atoms with Crippen LogP contribution in [-0.4, -0.2) is 5.91 Å². The minimum atomic E-state index is -0.696. The molecule has 0 aliphatic carbocycles. The zero-order valence-electron chi connectivity index (χ0n) is 9.61. The van der Waals surface area contributed by atoms with Gasteiger partial charge in [0.2, 0.25) is 0 Å². The molecule has 3 nitrogen and oxygen atoms in total. The van der Waals surface area contributed by atoms with E-state index in [-0.39, 0.29) is 12.1 Å². The van der Waals surface area contributed by atoms with Crippen molar-refractivity contribution >= 4 is 17.2 Å². The molecule has 0 spiro atoms. The second-order valence-corrected chi connectivity index (χ2v) is 4.65. The summed E-state index contributed by atoms with van der Waals surface area (Å²) in [6.45, 7) is -0.00369. The molecule has 1 aromatic heterocycles. The summed E-state index contributed by atoms with van der Waals surface area (Å²) < 4.78 is 25.9. The molecule has 19 heavy (non-hydrogen) atoms. The SMILES string of the molecule is N#Cc1ccsc1C(=O)NCc1cc(F)cc(F)c1. The number of carbonyl (C=O) groups is 1. The molecule has 0 unspecified atom stereocenters. The number of benzene rings is 1. The summed E-state index contributed by atoms with van der Waals surface area (Å²) in [6, 6.07) is 6.49. The second-order valence-electron chi connectivity index (χ2n) is 3.74. The van der Waals surface area contributed by atoms with Gasteiger partial charge in [-0.3, -0.25) is 4.79 Å². The summed E-state index contributed by atoms with van der Waals surface area (Å²) in [5.41, 5.74) is 0.605. The van der Waals surface area contributed by atoms with E-state index in [0.717, 1.165) is 29.5 Å². The van der Waals surface area contributed by atoms with Crippen LogP contribution in [0.25, 0.3) is 0 Å². The molecule has 2 aromatic rings. The maximum Gasteiger partial charge on any atom is 0.262 e. The Hall–Kier alpha value is -2.26. The van der Waals surface area contributed by atoms with Crippen LogP contribution in [0.5, 0.6) is 0 Å². The average molecular weight is 278 g/mol. The molecule has 0 radical (unpaired) electrons. The van der Waals surface area contributed by atoms with Crippen LogP contribution >= 0.6 is 11.3 Å². The molecule has 0 saturated carbocycles. The number of thiophene rings is 1. The van der Waals surface area contributed by atoms with Gasteiger partial charge in [0.1, 0.15) is 22.6 Å². The molecule has 0 saturated heterocycles. The van der Waals surface area contributed by atoms with Crippen molar-refractivity contribution in [3.05, 3.63) is 57.3 Å². The Labute approximate surface area is 112 Å². The van der Waals surface area contributed by atoms with Crippen LogP contribution in [0, 0.1) is 23.0 Å². The Morgan fingerprint density at radius 1 is 1.32 bits per heavy atom. The van der Waals surface area contributed by atoms with Crippen LogP contribution in [0.2, 0.25) is 0 Å². The van der Waals surface area contributed by atoms with E-state index in [0.29, 0.717) is 10.4 Å². The molecule has 1 aromatic carbocycles. The predicted octanol–water partition coefficient (Wildman–Crippen LogP) is 2.83. The first-order valence-corrected chi connectivity index (χ1v) is 6.19. The van der Waals surface area contributed by atoms with Gasteiger partial charge in [0.25, 0.3) is 5.91 Å². The van der Waals surface area contributed by atoms with Gasteiger partial charge in [-0.15, -0.1) is 11.3 Å². The normalized spacial score (nSPS) is 9.95. The summed E-state index contributed by atoms with van der Waals surface area (Å²) in [5.74, 6) is -1.83. The van der Waals surface area contributed by atoms with Crippen molar-refractivity contribution in [1.29, 1.82) is 5.26 Å². The monoisotopic (exact) mass is 278 g/mol. The molecule has 1 amide bonds. The average Bonchev–Trinajstić information content (AvgIpc) is 2.83. The number of halogens is 2. The Kier molecular flexibility index (Phi) is 3.88. The number of amides is 1. The summed E-state index contributed by atoms with van der Waals surface area (Å²) in [4.78, 5) is 12.1. The Balaban J connectivity index is 2.07. The fraction of sp³-hybridized carbons (Fsp3) is 0.0769. The van der Waals surface area contributed by atoms with Crippen LogP contribution in [0.1, 0.15) is 20.8 Å². The lowest BCUT2D eigenvalue weighted by atomic mass is 10.2. The first kappa shape index (κ1) is 13.2. The topological polar surface area (TPSA) is 52.9 Å². The molecular weight excluding hydrogens is 270 g/mol. The first-order valence-electron chi connectivity index (χ1n) is 5.31. The summed E-state index contributed by atoms with van der Waals surface area (Å²) in [5, 5.41) is 12.9. The van der Waals surface area contributed by atoms with Crippen LogP contribution < -0.4 is 5.32 Å². The largest absolute Gasteiger partial charge is 0.347 e. The van der Waals surface area contributed by atoms with Crippen molar-refractivity contribution in [2.75, 3.05) is 0 Å². The van der Waals surface area contributed by atoms with Gasteiger partial charge in [-0.05, 0) is 29.1 Å². The lowest BCUT2D eigenvalue weighted by Gasteiger charge is -2.04. The van der Waals surface area contributed by atoms with Gasteiger partial charge in [0, 0.05) is 12.6 Å². The molecule has 2 rings (SSSR count). The smallest absolute Gasteiger partial charge is 0.262 e. The highest BCUT2D eigenvalue weighted by Crippen LogP contribution is 2.16. The van der Waals surface area contributed by atoms with Crippen LogP contribution in [-0.2, 0) is 6.54 Å². The van der Waals surface area contributed by atoms with Crippen LogP contribution in [0.4, 0.5) is 8.78 Å². The number of rotatable bonds is 3. The van der Waals surface area contributed by atoms with E-state index in [1.165, 1.54) is 0 Å². The molecule has 6 heteroatoms. The summed E-state index contributed by atoms with van der Waals surface area (Å²) >= 11 is 1.14. The third-order valence-electron chi connectivity index (χ3n) is 2.37. The van der Waals surface area contributed by atoms with Gasteiger partial charge in [-0.25, -0.2) is 8.78 Å². The van der Waals surface area contributed by atoms with Crippen molar-refractivity contribution in [3.63, 3.8) is 0 Å². The van der Waals surface area contributed by atoms with Gasteiger partial charge in [-0.1, -0.05) is 0 Å². The number of hydrogen-bond acceptors (Lipinski definition) is 3. The summed E-state index contributed by atoms with van der Waals surface area (Å²) in [6.07, 6.45) is 0. The fourth-order valence-corrected chi connectivity index (χ4v) is 2.31. The third-order valence-corrected chi connectivity index (χ3v) is 3.28. The van der Waals surface area contributed by atoms with Crippen LogP contribution in [0.3, 0.4) is 0 Å². The van der Waals surface area contributed by atoms with Gasteiger partial charge in [0.05, 0.1) is 5.56 Å². The molecule has 0 bridgehead atoms. The standard InChI is InChI=1S/C13H8F2N2OS/c14-10-3-8(4-11(15)5-10)7-17-13(18)12-9(6-16)1-2-19-12/h1-5H,7H2,(H,17,18). The van der Waals surface area contributed by atoms with Gasteiger partial charge in [0.15, 0.2) is 0 Å². The quantitative estimate of drug-likeness (QED) is 0.938. The number of hydrogen-bond donors (Lipinski definition) is 1. The van der Waals surface area contributed by atoms with Gasteiger partial charge < -0.3 is 5.32 Å². The molecule has 0 atom stereocenters. The van der Waals surface area contributed by atoms with Crippen molar-refractivity contribution in [3.8, 4) is 6.07 Å². The van der Waals surface area contributed by atoms with E-state index >= 15 is 0 Å². The highest BCUT2D eigenvalue weighted by molar-refractivity contribution is 7.12. The van der Waals surface area contributed by atoms with E-state index in [1.54, 1.807) is 11.4 Å². The van der Waals surface area contributed by atoms with E-state index in [4.69, 9.17) is 5.26 Å². The highest BCUT2D eigenvalue weighted by Gasteiger charge is 2.12. The second kappa shape index (κ2) is 5.59. The van der Waals surface area contributed by atoms with E-state index in [9.17, 15) is 13.6 Å². The highest BCUT2D eigenvalue weighted by atomic mass is 32.1. The van der Waals surface area contributed by atoms with Gasteiger partial charge in [-0.2, -0.15) is 5.26 Å². The molecule has 96 valence electrons. The van der Waals surface area contributed by atoms with E-state index in [1.807, 2.05) is 6.07 Å². The lowest BCUT2D eigenvalue weighted by molar-refractivity contribution is 0.0954. The number of nitriles is 1. The molecular formula is C13H8F2N2OS. The first-order chi connectivity index (χ1) is 9.10. The Morgan fingerprint density at radius 3 is 2.63 bits per heavy atom. The maximum atomic E-state index is 13.0. The van der Waals surface area contributed by atoms with Crippen molar-refractivity contribution in [2.45, 2.75) is 6.54 Å². The van der Waals surface area contributed by atoms with Crippen LogP contribution in [0.15, 0.2) is 29.6 Å². The molecule has 0 aliphatic heterocycles. The number of nitrogens with zero attached hydrogens (tertiary/aromatic N) is 1. The molecule has 1 heterocycles. The molecule has 0 aliphatic rings. The maximum absolute atomic E-state index is 13.0. The predicted molar refractivity (Wildman–Crippen MR) is 66.6 cm³/mol. The lowest BCUT2D eigenvalue weighted by Crippen LogP contribution is -2.22. The number of carbonyl (C=O) groups excluding carboxylic acids is 1. The van der Waals surface area contributed by atoms with Crippen molar-refractivity contribution in [1.82, 2.24) is 5.32 Å². The minimum Gasteiger partial charge on any atom is -0.347 e. The fourth-order valence-electron chi connectivity index (χ4n) is 1.55. The Morgan fingerprint density at radius 2 is 2.00 bits per heavy atom. The van der Waals surface area contributed by atoms with Crippen molar-refractivity contribution < 1.29 is 13.6 Å². The minimum absolute atomic E-state index is 0.00369. The van der Waals surface area contributed by atoms with Gasteiger partial charge >= 0.3 is 0 Å². The number of nitrogens with one attached hydrogen (secondary N) is 1.